The van der Waals surface area contributed by atoms with E-state index in [2.05, 4.69) is 25.8 Å². The number of nitrogens with zero attached hydrogens (tertiary/aromatic N) is 5. The van der Waals surface area contributed by atoms with Crippen LogP contribution in [0.2, 0.25) is 0 Å². The Kier molecular flexibility index (Phi) is 5.85. The Balaban J connectivity index is 1.48. The summed E-state index contributed by atoms with van der Waals surface area (Å²) in [7, 11) is 3.97. The van der Waals surface area contributed by atoms with Gasteiger partial charge in [0.15, 0.2) is 0 Å². The summed E-state index contributed by atoms with van der Waals surface area (Å²) < 4.78 is 1.88. The molecule has 1 amide bonds. The van der Waals surface area contributed by atoms with Gasteiger partial charge in [0, 0.05) is 25.3 Å². The zero-order valence-electron chi connectivity index (χ0n) is 18.5. The highest BCUT2D eigenvalue weighted by molar-refractivity contribution is 5.94. The number of hydrazone groups is 1. The molecular weight excluding hydrogens is 402 g/mol. The molecule has 0 aliphatic carbocycles. The van der Waals surface area contributed by atoms with Crippen LogP contribution in [0.15, 0.2) is 65.8 Å². The van der Waals surface area contributed by atoms with Gasteiger partial charge in [-0.25, -0.2) is 10.1 Å². The van der Waals surface area contributed by atoms with Crippen molar-refractivity contribution >= 4 is 17.8 Å². The molecule has 0 aliphatic rings. The lowest BCUT2D eigenvalue weighted by molar-refractivity contribution is 0.0950. The predicted molar refractivity (Wildman–Crippen MR) is 126 cm³/mol. The molecular formula is C24H25N7O. The van der Waals surface area contributed by atoms with Crippen LogP contribution in [0.25, 0.3) is 16.9 Å². The Hall–Kier alpha value is -4.20. The summed E-state index contributed by atoms with van der Waals surface area (Å²) in [4.78, 5) is 14.5. The quantitative estimate of drug-likeness (QED) is 0.363. The summed E-state index contributed by atoms with van der Waals surface area (Å²) in [6.07, 6.45) is 1.60. The van der Waals surface area contributed by atoms with E-state index in [4.69, 9.17) is 0 Å². The Labute approximate surface area is 186 Å². The SMILES string of the molecule is Cc1nn(-c2ccccc2)c(C)c1-c1cc(C(=O)N/N=C\c2ccc(N(C)C)cc2)[nH]n1. The fourth-order valence-corrected chi connectivity index (χ4v) is 3.48. The molecule has 162 valence electrons. The van der Waals surface area contributed by atoms with Crippen LogP contribution in [0.5, 0.6) is 0 Å². The molecule has 0 fully saturated rings. The lowest BCUT2D eigenvalue weighted by Gasteiger charge is -2.11. The third kappa shape index (κ3) is 4.29. The van der Waals surface area contributed by atoms with Crippen LogP contribution in [0.3, 0.4) is 0 Å². The molecule has 2 aromatic carbocycles. The Morgan fingerprint density at radius 3 is 2.50 bits per heavy atom. The van der Waals surface area contributed by atoms with Gasteiger partial charge in [-0.1, -0.05) is 30.3 Å². The van der Waals surface area contributed by atoms with Gasteiger partial charge in [-0.3, -0.25) is 9.89 Å². The van der Waals surface area contributed by atoms with Gasteiger partial charge in [-0.05, 0) is 49.7 Å². The minimum absolute atomic E-state index is 0.325. The fourth-order valence-electron chi connectivity index (χ4n) is 3.48. The second-order valence-corrected chi connectivity index (χ2v) is 7.65. The first-order valence-electron chi connectivity index (χ1n) is 10.2. The van der Waals surface area contributed by atoms with E-state index >= 15 is 0 Å². The molecule has 2 N–H and O–H groups in total. The largest absolute Gasteiger partial charge is 0.378 e. The molecule has 2 aromatic heterocycles. The minimum atomic E-state index is -0.365. The molecule has 8 nitrogen and oxygen atoms in total. The maximum absolute atomic E-state index is 12.5. The standard InChI is InChI=1S/C24H25N7O/c1-16-23(17(2)31(29-16)20-8-6-5-7-9-20)21-14-22(27-26-21)24(32)28-25-15-18-10-12-19(13-11-18)30(3)4/h5-15H,1-4H3,(H,26,27)(H,28,32)/b25-15-. The highest BCUT2D eigenvalue weighted by atomic mass is 16.2. The molecule has 0 unspecified atom stereocenters. The van der Waals surface area contributed by atoms with Crippen LogP contribution in [0, 0.1) is 13.8 Å². The molecule has 0 atom stereocenters. The molecule has 0 saturated heterocycles. The number of anilines is 1. The monoisotopic (exact) mass is 427 g/mol. The smallest absolute Gasteiger partial charge is 0.289 e. The summed E-state index contributed by atoms with van der Waals surface area (Å²) in [6, 6.07) is 19.5. The van der Waals surface area contributed by atoms with Gasteiger partial charge in [-0.2, -0.15) is 15.3 Å². The topological polar surface area (TPSA) is 91.2 Å². The maximum atomic E-state index is 12.5. The Morgan fingerprint density at radius 1 is 1.09 bits per heavy atom. The molecule has 32 heavy (non-hydrogen) atoms. The minimum Gasteiger partial charge on any atom is -0.378 e. The van der Waals surface area contributed by atoms with Crippen molar-refractivity contribution in [2.75, 3.05) is 19.0 Å². The van der Waals surface area contributed by atoms with Crippen molar-refractivity contribution in [1.29, 1.82) is 0 Å². The number of benzene rings is 2. The lowest BCUT2D eigenvalue weighted by atomic mass is 10.1. The molecule has 0 saturated carbocycles. The summed E-state index contributed by atoms with van der Waals surface area (Å²) in [5.74, 6) is -0.365. The van der Waals surface area contributed by atoms with E-state index in [1.807, 2.05) is 92.1 Å². The molecule has 0 aliphatic heterocycles. The third-order valence-electron chi connectivity index (χ3n) is 5.16. The molecule has 4 rings (SSSR count). The van der Waals surface area contributed by atoms with Crippen molar-refractivity contribution in [3.05, 3.63) is 83.3 Å². The van der Waals surface area contributed by atoms with E-state index < -0.39 is 0 Å². The van der Waals surface area contributed by atoms with Gasteiger partial charge >= 0.3 is 0 Å². The van der Waals surface area contributed by atoms with E-state index in [0.717, 1.165) is 33.9 Å². The van der Waals surface area contributed by atoms with Gasteiger partial charge in [0.2, 0.25) is 0 Å². The maximum Gasteiger partial charge on any atom is 0.289 e. The van der Waals surface area contributed by atoms with Gasteiger partial charge in [0.25, 0.3) is 5.91 Å². The number of hydrogen-bond donors (Lipinski definition) is 2. The fraction of sp³-hybridized carbons (Fsp3) is 0.167. The van der Waals surface area contributed by atoms with Crippen LogP contribution in [-0.4, -0.2) is 46.2 Å². The van der Waals surface area contributed by atoms with E-state index in [0.29, 0.717) is 11.4 Å². The number of carbonyl (C=O) groups is 1. The van der Waals surface area contributed by atoms with Crippen LogP contribution in [-0.2, 0) is 0 Å². The molecule has 2 heterocycles. The highest BCUT2D eigenvalue weighted by Crippen LogP contribution is 2.27. The predicted octanol–water partition coefficient (Wildman–Crippen LogP) is 3.71. The number of para-hydroxylation sites is 1. The first kappa shape index (κ1) is 21.0. The molecule has 8 heteroatoms. The second-order valence-electron chi connectivity index (χ2n) is 7.65. The number of aromatic nitrogens is 4. The first-order chi connectivity index (χ1) is 15.4. The van der Waals surface area contributed by atoms with Crippen LogP contribution in [0.4, 0.5) is 5.69 Å². The number of rotatable bonds is 6. The van der Waals surface area contributed by atoms with Gasteiger partial charge in [-0.15, -0.1) is 0 Å². The highest BCUT2D eigenvalue weighted by Gasteiger charge is 2.18. The number of nitrogens with one attached hydrogen (secondary N) is 2. The summed E-state index contributed by atoms with van der Waals surface area (Å²) >= 11 is 0. The number of hydrogen-bond acceptors (Lipinski definition) is 5. The van der Waals surface area contributed by atoms with Crippen molar-refractivity contribution in [3.8, 4) is 16.9 Å². The van der Waals surface area contributed by atoms with Crippen LogP contribution >= 0.6 is 0 Å². The average molecular weight is 428 g/mol. The normalized spacial score (nSPS) is 11.1. The number of amides is 1. The average Bonchev–Trinajstić information content (AvgIpc) is 3.39. The zero-order chi connectivity index (χ0) is 22.7. The second kappa shape index (κ2) is 8.89. The first-order valence-corrected chi connectivity index (χ1v) is 10.2. The summed E-state index contributed by atoms with van der Waals surface area (Å²) in [5.41, 5.74) is 9.17. The number of aromatic amines is 1. The number of aryl methyl sites for hydroxylation is 1. The Morgan fingerprint density at radius 2 is 1.81 bits per heavy atom. The van der Waals surface area contributed by atoms with Crippen molar-refractivity contribution < 1.29 is 4.79 Å². The van der Waals surface area contributed by atoms with E-state index in [9.17, 15) is 4.79 Å². The van der Waals surface area contributed by atoms with Crippen molar-refractivity contribution in [2.24, 2.45) is 5.10 Å². The van der Waals surface area contributed by atoms with Crippen LogP contribution < -0.4 is 10.3 Å². The van der Waals surface area contributed by atoms with E-state index in [1.165, 1.54) is 0 Å². The molecule has 0 radical (unpaired) electrons. The van der Waals surface area contributed by atoms with E-state index in [-0.39, 0.29) is 5.91 Å². The molecule has 4 aromatic rings. The Bertz CT molecular complexity index is 1250. The number of H-pyrrole nitrogens is 1. The van der Waals surface area contributed by atoms with Gasteiger partial charge in [0.1, 0.15) is 5.69 Å². The summed E-state index contributed by atoms with van der Waals surface area (Å²) in [6.45, 7) is 3.92. The third-order valence-corrected chi connectivity index (χ3v) is 5.16. The molecule has 0 bridgehead atoms. The van der Waals surface area contributed by atoms with Crippen molar-refractivity contribution in [1.82, 2.24) is 25.4 Å². The van der Waals surface area contributed by atoms with Crippen molar-refractivity contribution in [3.63, 3.8) is 0 Å². The number of carbonyl (C=O) groups excluding carboxylic acids is 1. The van der Waals surface area contributed by atoms with Gasteiger partial charge in [0.05, 0.1) is 29.0 Å². The zero-order valence-corrected chi connectivity index (χ0v) is 18.5. The van der Waals surface area contributed by atoms with Crippen molar-refractivity contribution in [2.45, 2.75) is 13.8 Å². The van der Waals surface area contributed by atoms with Crippen LogP contribution in [0.1, 0.15) is 27.4 Å². The summed E-state index contributed by atoms with van der Waals surface area (Å²) in [5, 5.41) is 15.8. The lowest BCUT2D eigenvalue weighted by Crippen LogP contribution is -2.18. The van der Waals surface area contributed by atoms with E-state index in [1.54, 1.807) is 12.3 Å². The van der Waals surface area contributed by atoms with Gasteiger partial charge < -0.3 is 4.90 Å². The molecule has 0 spiro atoms.